The van der Waals surface area contributed by atoms with Gasteiger partial charge in [0.15, 0.2) is 6.29 Å². The van der Waals surface area contributed by atoms with Crippen molar-refractivity contribution in [3.05, 3.63) is 70.5 Å². The highest BCUT2D eigenvalue weighted by Crippen LogP contribution is 2.42. The number of amides is 1. The summed E-state index contributed by atoms with van der Waals surface area (Å²) in [6.07, 6.45) is -1.37. The van der Waals surface area contributed by atoms with Gasteiger partial charge in [0.25, 0.3) is 5.66 Å². The molecule has 39 heavy (non-hydrogen) atoms. The van der Waals surface area contributed by atoms with E-state index in [1.54, 1.807) is 33.0 Å². The van der Waals surface area contributed by atoms with Crippen molar-refractivity contribution in [2.75, 3.05) is 26.7 Å². The molecule has 6 nitrogen and oxygen atoms in total. The fraction of sp³-hybridized carbons (Fsp3) is 0.481. The maximum absolute atomic E-state index is 14.8. The molecule has 3 rings (SSSR count). The van der Waals surface area contributed by atoms with Crippen LogP contribution in [0.1, 0.15) is 61.6 Å². The number of rotatable bonds is 9. The Labute approximate surface area is 231 Å². The maximum Gasteiger partial charge on any atom is 0.283 e. The Morgan fingerprint density at radius 1 is 1.21 bits per heavy atom. The fourth-order valence-corrected chi connectivity index (χ4v) is 4.59. The first kappa shape index (κ1) is 31.6. The summed E-state index contributed by atoms with van der Waals surface area (Å²) in [7, 11) is 5.07. The molecule has 0 aliphatic carbocycles. The third kappa shape index (κ3) is 8.51. The van der Waals surface area contributed by atoms with Gasteiger partial charge in [0.1, 0.15) is 17.1 Å². The first-order chi connectivity index (χ1) is 18.2. The number of morpholine rings is 1. The molecule has 2 aromatic carbocycles. The quantitative estimate of drug-likeness (QED) is 0.175. The van der Waals surface area contributed by atoms with Crippen LogP contribution in [-0.4, -0.2) is 49.7 Å². The summed E-state index contributed by atoms with van der Waals surface area (Å²) < 4.78 is 69.3. The zero-order valence-corrected chi connectivity index (χ0v) is 24.7. The van der Waals surface area contributed by atoms with Gasteiger partial charge in [-0.2, -0.15) is 8.78 Å². The fourth-order valence-electron chi connectivity index (χ4n) is 4.26. The summed E-state index contributed by atoms with van der Waals surface area (Å²) in [6.45, 7) is 5.67. The van der Waals surface area contributed by atoms with E-state index in [9.17, 15) is 22.4 Å². The first-order valence-corrected chi connectivity index (χ1v) is 13.7. The van der Waals surface area contributed by atoms with Gasteiger partial charge in [-0.25, -0.2) is 8.78 Å². The summed E-state index contributed by atoms with van der Waals surface area (Å²) in [4.78, 5) is 18.2. The van der Waals surface area contributed by atoms with E-state index < -0.39 is 35.3 Å². The van der Waals surface area contributed by atoms with Crippen molar-refractivity contribution in [3.63, 3.8) is 0 Å². The van der Waals surface area contributed by atoms with Crippen LogP contribution in [0.2, 0.25) is 0 Å². The summed E-state index contributed by atoms with van der Waals surface area (Å²) in [5.74, 6) is -0.141. The molecule has 12 heteroatoms. The first-order valence-electron chi connectivity index (χ1n) is 12.6. The van der Waals surface area contributed by atoms with Gasteiger partial charge in [-0.3, -0.25) is 14.7 Å². The molecule has 1 saturated heterocycles. The summed E-state index contributed by atoms with van der Waals surface area (Å²) in [6, 6.07) is 9.25. The molecular formula is C27H35F4N3O3P2. The van der Waals surface area contributed by atoms with Crippen LogP contribution in [0.25, 0.3) is 0 Å². The number of alkyl halides is 3. The molecule has 6 atom stereocenters. The van der Waals surface area contributed by atoms with Crippen molar-refractivity contribution >= 4 is 30.2 Å². The number of nitrogens with one attached hydrogen (secondary N) is 1. The van der Waals surface area contributed by atoms with E-state index in [1.807, 2.05) is 14.1 Å². The molecule has 0 aromatic heterocycles. The number of hydrogen-bond acceptors (Lipinski definition) is 5. The number of aliphatic imine (C=N–C) groups is 1. The van der Waals surface area contributed by atoms with Crippen LogP contribution in [0, 0.1) is 5.82 Å². The van der Waals surface area contributed by atoms with Crippen molar-refractivity contribution in [2.45, 2.75) is 56.7 Å². The molecule has 0 radical (unpaired) electrons. The maximum atomic E-state index is 14.8. The third-order valence-corrected chi connectivity index (χ3v) is 7.13. The van der Waals surface area contributed by atoms with Gasteiger partial charge in [-0.15, -0.1) is 0 Å². The van der Waals surface area contributed by atoms with E-state index in [0.717, 1.165) is 6.07 Å². The Kier molecular flexibility index (Phi) is 10.6. The normalized spacial score (nSPS) is 21.3. The van der Waals surface area contributed by atoms with E-state index in [0.29, 0.717) is 23.5 Å². The van der Waals surface area contributed by atoms with Crippen molar-refractivity contribution in [1.82, 2.24) is 10.2 Å². The average Bonchev–Trinajstić information content (AvgIpc) is 2.87. The van der Waals surface area contributed by atoms with Gasteiger partial charge in [0.2, 0.25) is 5.91 Å². The SMILES string of the molecule is CCC(=O)N/C(CN1CCOC(OC(C)c2cc(C(C)(F)P)cc(C(F)(F)P)c2)C1c1ccc(F)cc1)=N\C. The van der Waals surface area contributed by atoms with Crippen LogP contribution in [-0.2, 0) is 25.3 Å². The highest BCUT2D eigenvalue weighted by molar-refractivity contribution is 7.18. The standard InChI is InChI=1S/C27H35F4N3O3P2/c1-5-23(35)33-22(32-4)15-34-10-11-36-25(24(34)17-6-8-21(28)9-7-17)37-16(2)18-12-19(26(3,29)38)14-20(13-18)27(30,31)39/h6-9,12-14,16,24-25H,5,10-11,15,38-39H2,1-4H3,(H,32,33,35). The number of ether oxygens (including phenoxy) is 2. The Bertz CT molecular complexity index is 1140. The van der Waals surface area contributed by atoms with E-state index >= 15 is 0 Å². The summed E-state index contributed by atoms with van der Waals surface area (Å²) in [5, 5.41) is 0.848. The second-order valence-electron chi connectivity index (χ2n) is 9.60. The Balaban J connectivity index is 1.95. The van der Waals surface area contributed by atoms with E-state index in [1.165, 1.54) is 40.4 Å². The molecule has 1 N–H and O–H groups in total. The number of amidine groups is 1. The van der Waals surface area contributed by atoms with E-state index in [-0.39, 0.29) is 36.6 Å². The molecule has 1 amide bonds. The van der Waals surface area contributed by atoms with Gasteiger partial charge >= 0.3 is 0 Å². The molecule has 1 fully saturated rings. The molecule has 2 aromatic rings. The smallest absolute Gasteiger partial charge is 0.283 e. The minimum Gasteiger partial charge on any atom is -0.349 e. The van der Waals surface area contributed by atoms with Crippen molar-refractivity contribution in [1.29, 1.82) is 0 Å². The Morgan fingerprint density at radius 2 is 1.85 bits per heavy atom. The van der Waals surface area contributed by atoms with E-state index in [4.69, 9.17) is 9.47 Å². The highest BCUT2D eigenvalue weighted by Gasteiger charge is 2.37. The number of carbonyl (C=O) groups excluding carboxylic acids is 1. The van der Waals surface area contributed by atoms with Crippen LogP contribution in [0.15, 0.2) is 47.5 Å². The van der Waals surface area contributed by atoms with Crippen LogP contribution in [0.3, 0.4) is 0 Å². The molecule has 0 bridgehead atoms. The van der Waals surface area contributed by atoms with Gasteiger partial charge in [-0.1, -0.05) is 37.5 Å². The summed E-state index contributed by atoms with van der Waals surface area (Å²) >= 11 is 0. The molecular weight excluding hydrogens is 552 g/mol. The zero-order chi connectivity index (χ0) is 29.0. The molecule has 6 unspecified atom stereocenters. The predicted octanol–water partition coefficient (Wildman–Crippen LogP) is 5.80. The number of benzene rings is 2. The molecule has 0 saturated carbocycles. The monoisotopic (exact) mass is 587 g/mol. The van der Waals surface area contributed by atoms with Gasteiger partial charge in [-0.05, 0) is 60.9 Å². The number of halogens is 4. The van der Waals surface area contributed by atoms with Crippen molar-refractivity contribution < 1.29 is 31.8 Å². The van der Waals surface area contributed by atoms with E-state index in [2.05, 4.69) is 10.3 Å². The Morgan fingerprint density at radius 3 is 2.41 bits per heavy atom. The lowest BCUT2D eigenvalue weighted by Gasteiger charge is -2.42. The van der Waals surface area contributed by atoms with Crippen molar-refractivity contribution in [3.8, 4) is 0 Å². The average molecular weight is 588 g/mol. The number of nitrogens with zero attached hydrogens (tertiary/aromatic N) is 2. The molecule has 1 aliphatic heterocycles. The minimum absolute atomic E-state index is 0.0642. The lowest BCUT2D eigenvalue weighted by molar-refractivity contribution is -0.227. The second-order valence-corrected chi connectivity index (χ2v) is 11.4. The third-order valence-electron chi connectivity index (χ3n) is 6.46. The van der Waals surface area contributed by atoms with Gasteiger partial charge < -0.3 is 14.8 Å². The van der Waals surface area contributed by atoms with Crippen LogP contribution in [0.4, 0.5) is 17.6 Å². The van der Waals surface area contributed by atoms with Crippen molar-refractivity contribution in [2.24, 2.45) is 4.99 Å². The van der Waals surface area contributed by atoms with Crippen LogP contribution >= 0.6 is 18.5 Å². The molecule has 214 valence electrons. The lowest BCUT2D eigenvalue weighted by atomic mass is 9.99. The Hall–Kier alpha value is -1.96. The largest absolute Gasteiger partial charge is 0.349 e. The summed E-state index contributed by atoms with van der Waals surface area (Å²) in [5.41, 5.74) is -2.53. The molecule has 1 heterocycles. The lowest BCUT2D eigenvalue weighted by Crippen LogP contribution is -2.50. The second kappa shape index (κ2) is 13.1. The molecule has 0 spiro atoms. The number of hydrogen-bond donors (Lipinski definition) is 1. The highest BCUT2D eigenvalue weighted by atomic mass is 31.0. The predicted molar refractivity (Wildman–Crippen MR) is 150 cm³/mol. The topological polar surface area (TPSA) is 63.2 Å². The van der Waals surface area contributed by atoms with Gasteiger partial charge in [0, 0.05) is 25.6 Å². The van der Waals surface area contributed by atoms with Gasteiger partial charge in [0.05, 0.1) is 25.3 Å². The van der Waals surface area contributed by atoms with Crippen LogP contribution < -0.4 is 5.32 Å². The zero-order valence-electron chi connectivity index (χ0n) is 22.4. The minimum atomic E-state index is -3.27. The molecule has 1 aliphatic rings. The van der Waals surface area contributed by atoms with Crippen LogP contribution in [0.5, 0.6) is 0 Å². The number of carbonyl (C=O) groups is 1.